The van der Waals surface area contributed by atoms with Crippen LogP contribution < -0.4 is 56.3 Å². The summed E-state index contributed by atoms with van der Waals surface area (Å²) in [6, 6.07) is 12.0. The van der Waals surface area contributed by atoms with Crippen LogP contribution >= 0.6 is 11.6 Å². The van der Waals surface area contributed by atoms with Gasteiger partial charge in [-0.15, -0.1) is 0 Å². The van der Waals surface area contributed by atoms with Crippen LogP contribution in [0.2, 0.25) is 5.02 Å². The Hall–Kier alpha value is -0.784. The van der Waals surface area contributed by atoms with E-state index in [4.69, 9.17) is 11.6 Å². The molecule has 0 saturated heterocycles. The van der Waals surface area contributed by atoms with Crippen LogP contribution in [0, 0.1) is 6.92 Å². The number of oxime groups is 1. The summed E-state index contributed by atoms with van der Waals surface area (Å²) in [5.41, 5.74) is 2.59. The maximum atomic E-state index is 13.0. The first-order valence-corrected chi connectivity index (χ1v) is 9.36. The summed E-state index contributed by atoms with van der Waals surface area (Å²) in [5.74, 6) is -0.206. The normalized spacial score (nSPS) is 15.1. The fourth-order valence-corrected chi connectivity index (χ4v) is 3.15. The minimum Gasteiger partial charge on any atom is -0.714 e. The van der Waals surface area contributed by atoms with Crippen molar-refractivity contribution < 1.29 is 73.4 Å². The van der Waals surface area contributed by atoms with Gasteiger partial charge >= 0.3 is 51.4 Å². The van der Waals surface area contributed by atoms with Crippen molar-refractivity contribution in [2.75, 3.05) is 11.4 Å². The van der Waals surface area contributed by atoms with Crippen molar-refractivity contribution in [3.63, 3.8) is 0 Å². The van der Waals surface area contributed by atoms with E-state index in [1.807, 2.05) is 19.1 Å². The van der Waals surface area contributed by atoms with Crippen LogP contribution in [0.5, 0.6) is 0 Å². The first-order chi connectivity index (χ1) is 12.3. The molecule has 0 unspecified atom stereocenters. The van der Waals surface area contributed by atoms with Gasteiger partial charge < -0.3 is 9.45 Å². The number of nitrogens with zero attached hydrogens (tertiary/aromatic N) is 2. The third kappa shape index (κ3) is 5.39. The van der Waals surface area contributed by atoms with Gasteiger partial charge in [0.15, 0.2) is 0 Å². The van der Waals surface area contributed by atoms with Crippen molar-refractivity contribution in [3.05, 3.63) is 64.2 Å². The van der Waals surface area contributed by atoms with Crippen LogP contribution in [-0.2, 0) is 14.7 Å². The van der Waals surface area contributed by atoms with Crippen molar-refractivity contribution >= 4 is 39.3 Å². The molecule has 1 heterocycles. The fraction of sp³-hybridized carbons (Fsp3) is 0.176. The number of fused-ring (bicyclic) bond motifs is 1. The fourth-order valence-electron chi connectivity index (χ4n) is 2.80. The van der Waals surface area contributed by atoms with Crippen molar-refractivity contribution in [1.82, 2.24) is 0 Å². The number of carbonyl (C=O) groups is 1. The largest absolute Gasteiger partial charge is 1.00 e. The molecule has 0 spiro atoms. The molecule has 0 radical (unpaired) electrons. The van der Waals surface area contributed by atoms with E-state index in [9.17, 15) is 17.8 Å². The summed E-state index contributed by atoms with van der Waals surface area (Å²) in [5, 5.41) is 3.85. The van der Waals surface area contributed by atoms with Crippen LogP contribution in [0.1, 0.15) is 27.9 Å². The molecule has 3 rings (SSSR count). The molecule has 2 aromatic carbocycles. The second-order valence-corrected chi connectivity index (χ2v) is 7.11. The van der Waals surface area contributed by atoms with Crippen molar-refractivity contribution in [2.45, 2.75) is 13.3 Å². The first kappa shape index (κ1) is 22.5. The molecule has 0 aromatic heterocycles. The Morgan fingerprint density at radius 2 is 2.07 bits per heavy atom. The van der Waals surface area contributed by atoms with Crippen LogP contribution in [0.25, 0.3) is 0 Å². The van der Waals surface area contributed by atoms with Gasteiger partial charge in [0.05, 0.1) is 11.4 Å². The molecule has 0 atom stereocenters. The predicted molar refractivity (Wildman–Crippen MR) is 96.2 cm³/mol. The molecular weight excluding hydrogens is 431 g/mol. The van der Waals surface area contributed by atoms with Gasteiger partial charge in [0.25, 0.3) is 16.3 Å². The second kappa shape index (κ2) is 9.14. The summed E-state index contributed by atoms with van der Waals surface area (Å²) in [6.45, 7) is 2.08. The summed E-state index contributed by atoms with van der Waals surface area (Å²) in [7, 11) is -4.96. The molecule has 0 fully saturated rings. The number of benzene rings is 2. The zero-order valence-electron chi connectivity index (χ0n) is 14.7. The van der Waals surface area contributed by atoms with Crippen molar-refractivity contribution in [1.29, 1.82) is 0 Å². The van der Waals surface area contributed by atoms with E-state index in [0.717, 1.165) is 5.56 Å². The molecule has 1 aliphatic rings. The van der Waals surface area contributed by atoms with Gasteiger partial charge in [-0.05, 0) is 36.8 Å². The molecule has 7 nitrogen and oxygen atoms in total. The third-order valence-electron chi connectivity index (χ3n) is 3.99. The van der Waals surface area contributed by atoms with Crippen molar-refractivity contribution in [2.24, 2.45) is 5.16 Å². The third-order valence-corrected chi connectivity index (χ3v) is 4.49. The quantitative estimate of drug-likeness (QED) is 0.284. The van der Waals surface area contributed by atoms with E-state index in [2.05, 4.69) is 9.44 Å². The van der Waals surface area contributed by atoms with Crippen molar-refractivity contribution in [3.8, 4) is 0 Å². The molecule has 10 heteroatoms. The molecule has 0 N–H and O–H groups in total. The monoisotopic (exact) mass is 444 g/mol. The molecule has 0 aliphatic carbocycles. The number of halogens is 1. The Labute approximate surface area is 204 Å². The van der Waals surface area contributed by atoms with Crippen LogP contribution in [0.4, 0.5) is 5.69 Å². The number of carbonyl (C=O) groups excluding carboxylic acids is 1. The first-order valence-electron chi connectivity index (χ1n) is 7.65. The van der Waals surface area contributed by atoms with Gasteiger partial charge in [0.2, 0.25) is 0 Å². The van der Waals surface area contributed by atoms with E-state index in [1.165, 1.54) is 0 Å². The zero-order valence-corrected chi connectivity index (χ0v) is 19.4. The number of hydrogen-bond donors (Lipinski definition) is 0. The second-order valence-electron chi connectivity index (χ2n) is 5.70. The van der Waals surface area contributed by atoms with E-state index >= 15 is 0 Å². The van der Waals surface area contributed by atoms with Gasteiger partial charge in [-0.1, -0.05) is 35.0 Å². The Bertz CT molecular complexity index is 1010. The van der Waals surface area contributed by atoms with Gasteiger partial charge in [-0.2, -0.15) is 8.42 Å². The summed E-state index contributed by atoms with van der Waals surface area (Å²) >= 11 is 6.07. The van der Waals surface area contributed by atoms with E-state index in [-0.39, 0.29) is 76.0 Å². The molecule has 27 heavy (non-hydrogen) atoms. The zero-order chi connectivity index (χ0) is 18.9. The predicted octanol–water partition coefficient (Wildman–Crippen LogP) is -0.116. The van der Waals surface area contributed by atoms with Gasteiger partial charge in [0.1, 0.15) is 0 Å². The summed E-state index contributed by atoms with van der Waals surface area (Å²) < 4.78 is 36.0. The van der Waals surface area contributed by atoms with Gasteiger partial charge in [-0.25, -0.2) is 0 Å². The smallest absolute Gasteiger partial charge is 0.714 e. The van der Waals surface area contributed by atoms with Gasteiger partial charge in [0, 0.05) is 29.1 Å². The molecule has 1 amide bonds. The van der Waals surface area contributed by atoms with E-state index in [0.29, 0.717) is 21.8 Å². The average Bonchev–Trinajstić information content (AvgIpc) is 2.58. The molecule has 136 valence electrons. The SMILES string of the molecule is Cc1ccccc1C(=O)N1CC/C(=N/OS(=O)(=O)[O-])[14c]2[14cH][14cH][14c](Cl)[14cH][14c]21.[K+]. The molecule has 0 bridgehead atoms. The number of rotatable bonds is 3. The minimum atomic E-state index is -4.96. The Balaban J connectivity index is 0.00000261. The van der Waals surface area contributed by atoms with Gasteiger partial charge in [-0.3, -0.25) is 9.08 Å². The average molecular weight is 445 g/mol. The van der Waals surface area contributed by atoms with Crippen LogP contribution in [-0.4, -0.2) is 31.1 Å². The van der Waals surface area contributed by atoms with Crippen LogP contribution in [0.15, 0.2) is 47.6 Å². The van der Waals surface area contributed by atoms with E-state index < -0.39 is 10.4 Å². The Morgan fingerprint density at radius 1 is 1.37 bits per heavy atom. The Kier molecular flexibility index (Phi) is 7.62. The molecular formula is C17H14ClKN2O5S. The standard InChI is InChI=1S/C17H15ClN2O5S.K/c1-11-4-2-3-5-13(11)17(21)20-9-8-15(19-25-26(22,23)24)14-7-6-12(18)10-16(14)20;/h2-7,10H,8-9H2,1H3,(H,22,23,24);/q;+1/p-1/b19-15-;/i6+2,7+2,10+2,12+2,14+2,16+2;. The van der Waals surface area contributed by atoms with E-state index in [1.54, 1.807) is 35.2 Å². The maximum absolute atomic E-state index is 13.0. The van der Waals surface area contributed by atoms with Crippen LogP contribution in [0.3, 0.4) is 0 Å². The summed E-state index contributed by atoms with van der Waals surface area (Å²) in [6.07, 6.45) is 0.224. The molecule has 2 aromatic rings. The minimum absolute atomic E-state index is 0. The maximum Gasteiger partial charge on any atom is 1.00 e. The molecule has 0 saturated carbocycles. The topological polar surface area (TPSA) is 99.1 Å². The summed E-state index contributed by atoms with van der Waals surface area (Å²) in [4.78, 5) is 14.5. The number of anilines is 1. The molecule has 1 aliphatic heterocycles. The number of aryl methyl sites for hydroxylation is 1. The number of hydrogen-bond acceptors (Lipinski definition) is 6. The number of amides is 1. The Morgan fingerprint density at radius 3 is 2.74 bits per heavy atom.